The fourth-order valence-corrected chi connectivity index (χ4v) is 2.60. The molecule has 1 atom stereocenters. The summed E-state index contributed by atoms with van der Waals surface area (Å²) in [4.78, 5) is 12.0. The minimum Gasteiger partial charge on any atom is -0.396 e. The predicted molar refractivity (Wildman–Crippen MR) is 71.2 cm³/mol. The molecule has 0 aromatic rings. The molecule has 0 aliphatic heterocycles. The Bertz CT molecular complexity index is 274. The Hall–Kier alpha value is -0.770. The van der Waals surface area contributed by atoms with Gasteiger partial charge in [0.2, 0.25) is 0 Å². The minimum atomic E-state index is -0.0500. The summed E-state index contributed by atoms with van der Waals surface area (Å²) in [5, 5.41) is 15.2. The topological polar surface area (TPSA) is 61.4 Å². The fraction of sp³-hybridized carbons (Fsp3) is 0.929. The third kappa shape index (κ3) is 3.87. The summed E-state index contributed by atoms with van der Waals surface area (Å²) in [7, 11) is 0. The van der Waals surface area contributed by atoms with Crippen LogP contribution in [0.25, 0.3) is 0 Å². The van der Waals surface area contributed by atoms with Gasteiger partial charge in [-0.15, -0.1) is 0 Å². The van der Waals surface area contributed by atoms with Crippen LogP contribution in [0.5, 0.6) is 0 Å². The highest BCUT2D eigenvalue weighted by Crippen LogP contribution is 2.44. The lowest BCUT2D eigenvalue weighted by Gasteiger charge is -2.24. The van der Waals surface area contributed by atoms with E-state index in [0.717, 1.165) is 11.8 Å². The molecule has 2 saturated carbocycles. The molecule has 0 bridgehead atoms. The van der Waals surface area contributed by atoms with Gasteiger partial charge in [-0.3, -0.25) is 0 Å². The van der Waals surface area contributed by atoms with Crippen molar-refractivity contribution >= 4 is 6.03 Å². The highest BCUT2D eigenvalue weighted by atomic mass is 16.3. The number of urea groups is 1. The maximum atomic E-state index is 12.0. The molecule has 2 amide bonds. The van der Waals surface area contributed by atoms with Gasteiger partial charge in [-0.1, -0.05) is 13.8 Å². The number of nitrogens with one attached hydrogen (secondary N) is 2. The lowest BCUT2D eigenvalue weighted by atomic mass is 10.0. The molecule has 3 N–H and O–H groups in total. The Balaban J connectivity index is 1.78. The summed E-state index contributed by atoms with van der Waals surface area (Å²) in [6.45, 7) is 4.26. The summed E-state index contributed by atoms with van der Waals surface area (Å²) in [5.41, 5.74) is 0. The van der Waals surface area contributed by atoms with Crippen LogP contribution < -0.4 is 10.6 Å². The van der Waals surface area contributed by atoms with Crippen LogP contribution in [0.15, 0.2) is 0 Å². The molecule has 2 rings (SSSR count). The Morgan fingerprint density at radius 1 is 1.17 bits per heavy atom. The molecule has 0 saturated heterocycles. The molecule has 0 aromatic carbocycles. The summed E-state index contributed by atoms with van der Waals surface area (Å²) in [6, 6.07) is 0.409. The lowest BCUT2D eigenvalue weighted by molar-refractivity contribution is 0.213. The molecule has 2 fully saturated rings. The molecule has 1 unspecified atom stereocenters. The van der Waals surface area contributed by atoms with Crippen molar-refractivity contribution < 1.29 is 9.90 Å². The van der Waals surface area contributed by atoms with Gasteiger partial charge in [0, 0.05) is 18.7 Å². The number of aliphatic hydroxyl groups is 1. The van der Waals surface area contributed by atoms with Crippen LogP contribution in [0.4, 0.5) is 4.79 Å². The van der Waals surface area contributed by atoms with Crippen LogP contribution in [-0.4, -0.2) is 29.8 Å². The number of aliphatic hydroxyl groups excluding tert-OH is 1. The van der Waals surface area contributed by atoms with E-state index in [9.17, 15) is 4.79 Å². The fourth-order valence-electron chi connectivity index (χ4n) is 2.60. The number of carbonyl (C=O) groups is 1. The van der Waals surface area contributed by atoms with Gasteiger partial charge in [0.1, 0.15) is 0 Å². The van der Waals surface area contributed by atoms with E-state index in [1.807, 2.05) is 0 Å². The van der Waals surface area contributed by atoms with Crippen LogP contribution in [0.3, 0.4) is 0 Å². The summed E-state index contributed by atoms with van der Waals surface area (Å²) in [5.74, 6) is 1.79. The van der Waals surface area contributed by atoms with E-state index < -0.39 is 0 Å². The van der Waals surface area contributed by atoms with Crippen LogP contribution in [0, 0.1) is 17.8 Å². The van der Waals surface area contributed by atoms with Gasteiger partial charge in [-0.25, -0.2) is 4.79 Å². The number of amides is 2. The van der Waals surface area contributed by atoms with Gasteiger partial charge in [0.05, 0.1) is 0 Å². The normalized spacial score (nSPS) is 21.2. The largest absolute Gasteiger partial charge is 0.396 e. The molecule has 0 aromatic heterocycles. The van der Waals surface area contributed by atoms with Crippen LogP contribution >= 0.6 is 0 Å². The second-order valence-corrected chi connectivity index (χ2v) is 6.18. The molecule has 18 heavy (non-hydrogen) atoms. The first-order valence-corrected chi connectivity index (χ1v) is 7.29. The van der Waals surface area contributed by atoms with E-state index in [-0.39, 0.29) is 18.7 Å². The highest BCUT2D eigenvalue weighted by molar-refractivity contribution is 5.74. The second kappa shape index (κ2) is 5.91. The van der Waals surface area contributed by atoms with E-state index in [0.29, 0.717) is 18.4 Å². The Labute approximate surface area is 110 Å². The number of hydrogen-bond donors (Lipinski definition) is 3. The van der Waals surface area contributed by atoms with Crippen molar-refractivity contribution in [3.05, 3.63) is 0 Å². The molecular formula is C14H26N2O2. The number of rotatable bonds is 7. The lowest BCUT2D eigenvalue weighted by Crippen LogP contribution is -2.49. The zero-order valence-corrected chi connectivity index (χ0v) is 11.5. The van der Waals surface area contributed by atoms with E-state index in [1.165, 1.54) is 25.7 Å². The zero-order chi connectivity index (χ0) is 13.1. The number of carbonyl (C=O) groups excluding carboxylic acids is 1. The van der Waals surface area contributed by atoms with E-state index >= 15 is 0 Å². The Morgan fingerprint density at radius 3 is 2.11 bits per heavy atom. The van der Waals surface area contributed by atoms with Crippen molar-refractivity contribution in [3.8, 4) is 0 Å². The Morgan fingerprint density at radius 2 is 1.72 bits per heavy atom. The highest BCUT2D eigenvalue weighted by Gasteiger charge is 2.42. The van der Waals surface area contributed by atoms with Crippen molar-refractivity contribution in [2.45, 2.75) is 58.0 Å². The first-order chi connectivity index (χ1) is 8.61. The van der Waals surface area contributed by atoms with E-state index in [4.69, 9.17) is 5.11 Å². The van der Waals surface area contributed by atoms with Crippen LogP contribution in [-0.2, 0) is 0 Å². The van der Waals surface area contributed by atoms with E-state index in [1.54, 1.807) is 0 Å². The third-order valence-corrected chi connectivity index (χ3v) is 4.12. The van der Waals surface area contributed by atoms with Gasteiger partial charge < -0.3 is 15.7 Å². The van der Waals surface area contributed by atoms with Gasteiger partial charge >= 0.3 is 6.03 Å². The van der Waals surface area contributed by atoms with Crippen molar-refractivity contribution in [1.82, 2.24) is 10.6 Å². The monoisotopic (exact) mass is 254 g/mol. The van der Waals surface area contributed by atoms with Gasteiger partial charge in [0.15, 0.2) is 0 Å². The quantitative estimate of drug-likeness (QED) is 0.649. The minimum absolute atomic E-state index is 0.0500. The predicted octanol–water partition coefficient (Wildman–Crippen LogP) is 1.88. The zero-order valence-electron chi connectivity index (χ0n) is 11.5. The molecule has 4 heteroatoms. The van der Waals surface area contributed by atoms with Crippen molar-refractivity contribution in [1.29, 1.82) is 0 Å². The maximum Gasteiger partial charge on any atom is 0.315 e. The summed E-state index contributed by atoms with van der Waals surface area (Å²) in [6.07, 6.45) is 5.71. The average Bonchev–Trinajstić information content (AvgIpc) is 3.16. The number of hydrogen-bond acceptors (Lipinski definition) is 2. The van der Waals surface area contributed by atoms with Gasteiger partial charge in [-0.2, -0.15) is 0 Å². The molecule has 2 aliphatic rings. The van der Waals surface area contributed by atoms with Crippen LogP contribution in [0.2, 0.25) is 0 Å². The first-order valence-electron chi connectivity index (χ1n) is 7.29. The molecular weight excluding hydrogens is 228 g/mol. The maximum absolute atomic E-state index is 12.0. The van der Waals surface area contributed by atoms with Crippen LogP contribution in [0.1, 0.15) is 46.0 Å². The molecule has 104 valence electrons. The van der Waals surface area contributed by atoms with Crippen molar-refractivity contribution in [2.24, 2.45) is 17.8 Å². The smallest absolute Gasteiger partial charge is 0.315 e. The van der Waals surface area contributed by atoms with Crippen molar-refractivity contribution in [2.75, 3.05) is 6.61 Å². The van der Waals surface area contributed by atoms with Gasteiger partial charge in [0.25, 0.3) is 0 Å². The van der Waals surface area contributed by atoms with E-state index in [2.05, 4.69) is 24.5 Å². The molecule has 2 aliphatic carbocycles. The average molecular weight is 254 g/mol. The SMILES string of the molecule is CC(C)C(CCO)NC(=O)NC(C1CC1)C1CC1. The molecule has 0 spiro atoms. The summed E-state index contributed by atoms with van der Waals surface area (Å²) >= 11 is 0. The van der Waals surface area contributed by atoms with Crippen molar-refractivity contribution in [3.63, 3.8) is 0 Å². The standard InChI is InChI=1S/C14H26N2O2/c1-9(2)12(7-8-17)15-14(18)16-13(10-3-4-10)11-5-6-11/h9-13,17H,3-8H2,1-2H3,(H2,15,16,18). The molecule has 0 heterocycles. The third-order valence-electron chi connectivity index (χ3n) is 4.12. The molecule has 4 nitrogen and oxygen atoms in total. The second-order valence-electron chi connectivity index (χ2n) is 6.18. The molecule has 0 radical (unpaired) electrons. The van der Waals surface area contributed by atoms with Gasteiger partial charge in [-0.05, 0) is 49.9 Å². The summed E-state index contributed by atoms with van der Waals surface area (Å²) < 4.78 is 0. The Kier molecular flexibility index (Phi) is 4.49. The first kappa shape index (κ1) is 13.7.